The predicted octanol–water partition coefficient (Wildman–Crippen LogP) is 1.83. The average Bonchev–Trinajstić information content (AvgIpc) is 2.66. The average molecular weight is 229 g/mol. The minimum Gasteiger partial charge on any atom is -0.375 e. The predicted molar refractivity (Wildman–Crippen MR) is 66.3 cm³/mol. The van der Waals surface area contributed by atoms with Gasteiger partial charge < -0.3 is 5.32 Å². The van der Waals surface area contributed by atoms with Gasteiger partial charge in [-0.1, -0.05) is 12.2 Å². The molecule has 1 N–H and O–H groups in total. The van der Waals surface area contributed by atoms with Gasteiger partial charge in [-0.25, -0.2) is 0 Å². The summed E-state index contributed by atoms with van der Waals surface area (Å²) in [6.07, 6.45) is 8.25. The molecule has 0 fully saturated rings. The number of ketones is 2. The molecule has 3 nitrogen and oxygen atoms in total. The summed E-state index contributed by atoms with van der Waals surface area (Å²) in [5.74, 6) is -0.184. The maximum atomic E-state index is 11.7. The molecule has 0 unspecified atom stereocenters. The summed E-state index contributed by atoms with van der Waals surface area (Å²) in [7, 11) is 0. The molecular weight excluding hydrogens is 214 g/mol. The van der Waals surface area contributed by atoms with Crippen molar-refractivity contribution < 1.29 is 9.59 Å². The van der Waals surface area contributed by atoms with Crippen LogP contribution in [0, 0.1) is 0 Å². The Morgan fingerprint density at radius 2 is 1.76 bits per heavy atom. The van der Waals surface area contributed by atoms with E-state index in [-0.39, 0.29) is 17.1 Å². The van der Waals surface area contributed by atoms with E-state index in [9.17, 15) is 9.59 Å². The molecule has 0 amide bonds. The van der Waals surface area contributed by atoms with Crippen LogP contribution in [0.15, 0.2) is 48.7 Å². The van der Waals surface area contributed by atoms with Crippen LogP contribution in [0.4, 0.5) is 0 Å². The molecule has 3 heteroatoms. The smallest absolute Gasteiger partial charge is 0.202 e. The first-order chi connectivity index (χ1) is 8.12. The Bertz CT molecular complexity index is 427. The molecule has 0 atom stereocenters. The fraction of sp³-hybridized carbons (Fsp3) is 0.286. The van der Waals surface area contributed by atoms with Crippen LogP contribution in [0.3, 0.4) is 0 Å². The number of hydrogen-bond donors (Lipinski definition) is 1. The molecular formula is C14H15NO2. The minimum atomic E-state index is -0.300. The van der Waals surface area contributed by atoms with E-state index in [2.05, 4.69) is 18.5 Å². The Hall–Kier alpha value is -1.90. The van der Waals surface area contributed by atoms with Crippen LogP contribution in [0.2, 0.25) is 0 Å². The van der Waals surface area contributed by atoms with E-state index in [1.807, 2.05) is 0 Å². The Balaban J connectivity index is 2.31. The molecule has 2 rings (SSSR count). The fourth-order valence-electron chi connectivity index (χ4n) is 2.45. The summed E-state index contributed by atoms with van der Waals surface area (Å²) in [6, 6.07) is 0. The van der Waals surface area contributed by atoms with Gasteiger partial charge in [-0.2, -0.15) is 0 Å². The standard InChI is InChI=1S/C14H15NO2/c1-3-7-14(8-4-2)9-10-11(16)5-6-12(17)13(10)15-14/h3-6,15H,1-2,7-9H2. The zero-order valence-corrected chi connectivity index (χ0v) is 9.66. The van der Waals surface area contributed by atoms with E-state index < -0.39 is 0 Å². The van der Waals surface area contributed by atoms with Gasteiger partial charge in [0.25, 0.3) is 0 Å². The highest BCUT2D eigenvalue weighted by Crippen LogP contribution is 2.36. The van der Waals surface area contributed by atoms with Gasteiger partial charge in [0.2, 0.25) is 5.78 Å². The number of rotatable bonds is 4. The molecule has 0 aromatic rings. The van der Waals surface area contributed by atoms with Crippen molar-refractivity contribution in [1.29, 1.82) is 0 Å². The molecule has 1 aliphatic carbocycles. The molecule has 2 aliphatic rings. The fourth-order valence-corrected chi connectivity index (χ4v) is 2.45. The topological polar surface area (TPSA) is 46.2 Å². The van der Waals surface area contributed by atoms with Crippen molar-refractivity contribution >= 4 is 11.6 Å². The minimum absolute atomic E-state index is 0.0675. The lowest BCUT2D eigenvalue weighted by molar-refractivity contribution is -0.115. The second-order valence-electron chi connectivity index (χ2n) is 4.48. The van der Waals surface area contributed by atoms with Crippen molar-refractivity contribution in [1.82, 2.24) is 5.32 Å². The van der Waals surface area contributed by atoms with E-state index in [0.29, 0.717) is 30.5 Å². The van der Waals surface area contributed by atoms with Gasteiger partial charge in [0, 0.05) is 17.5 Å². The Morgan fingerprint density at radius 3 is 2.29 bits per heavy atom. The van der Waals surface area contributed by atoms with E-state index in [0.717, 1.165) is 0 Å². The maximum absolute atomic E-state index is 11.7. The van der Waals surface area contributed by atoms with Crippen molar-refractivity contribution in [3.05, 3.63) is 48.7 Å². The number of carbonyl (C=O) groups excluding carboxylic acids is 2. The lowest BCUT2D eigenvalue weighted by Gasteiger charge is -2.28. The van der Waals surface area contributed by atoms with Crippen LogP contribution in [0.5, 0.6) is 0 Å². The molecule has 0 saturated carbocycles. The summed E-state index contributed by atoms with van der Waals surface area (Å²) in [5, 5.41) is 3.20. The first-order valence-electron chi connectivity index (χ1n) is 5.62. The number of hydrogen-bond acceptors (Lipinski definition) is 3. The summed E-state index contributed by atoms with van der Waals surface area (Å²) in [4.78, 5) is 23.4. The Labute approximate surface area is 101 Å². The summed E-state index contributed by atoms with van der Waals surface area (Å²) in [6.45, 7) is 7.46. The lowest BCUT2D eigenvalue weighted by atomic mass is 9.86. The van der Waals surface area contributed by atoms with Gasteiger partial charge >= 0.3 is 0 Å². The molecule has 1 aliphatic heterocycles. The van der Waals surface area contributed by atoms with Gasteiger partial charge in [-0.15, -0.1) is 13.2 Å². The van der Waals surface area contributed by atoms with Crippen molar-refractivity contribution in [2.24, 2.45) is 0 Å². The molecule has 88 valence electrons. The highest BCUT2D eigenvalue weighted by molar-refractivity contribution is 6.20. The zero-order valence-electron chi connectivity index (χ0n) is 9.66. The summed E-state index contributed by atoms with van der Waals surface area (Å²) < 4.78 is 0. The second-order valence-corrected chi connectivity index (χ2v) is 4.48. The Morgan fingerprint density at radius 1 is 1.18 bits per heavy atom. The van der Waals surface area contributed by atoms with Crippen LogP contribution in [0.25, 0.3) is 0 Å². The molecule has 0 saturated heterocycles. The van der Waals surface area contributed by atoms with Gasteiger partial charge in [-0.05, 0) is 25.0 Å². The normalized spacial score (nSPS) is 21.2. The quantitative estimate of drug-likeness (QED) is 0.591. The van der Waals surface area contributed by atoms with Crippen molar-refractivity contribution in [2.75, 3.05) is 0 Å². The van der Waals surface area contributed by atoms with E-state index >= 15 is 0 Å². The van der Waals surface area contributed by atoms with Gasteiger partial charge in [-0.3, -0.25) is 9.59 Å². The third kappa shape index (κ3) is 1.88. The molecule has 1 heterocycles. The molecule has 0 radical (unpaired) electrons. The SMILES string of the molecule is C=CCC1(CC=C)CC2=C(N1)C(=O)C=CC2=O. The monoisotopic (exact) mass is 229 g/mol. The van der Waals surface area contributed by atoms with E-state index in [1.165, 1.54) is 12.2 Å². The van der Waals surface area contributed by atoms with Crippen LogP contribution in [0.1, 0.15) is 19.3 Å². The summed E-state index contributed by atoms with van der Waals surface area (Å²) >= 11 is 0. The molecule has 0 bridgehead atoms. The van der Waals surface area contributed by atoms with Gasteiger partial charge in [0.1, 0.15) is 0 Å². The highest BCUT2D eigenvalue weighted by atomic mass is 16.1. The van der Waals surface area contributed by atoms with Crippen LogP contribution in [-0.2, 0) is 9.59 Å². The number of nitrogens with one attached hydrogen (secondary N) is 1. The van der Waals surface area contributed by atoms with Crippen molar-refractivity contribution in [3.8, 4) is 0 Å². The van der Waals surface area contributed by atoms with Gasteiger partial charge in [0.15, 0.2) is 5.78 Å². The van der Waals surface area contributed by atoms with Gasteiger partial charge in [0.05, 0.1) is 5.70 Å². The molecule has 0 aromatic carbocycles. The van der Waals surface area contributed by atoms with Crippen LogP contribution < -0.4 is 5.32 Å². The Kier molecular flexibility index (Phi) is 2.84. The first-order valence-corrected chi connectivity index (χ1v) is 5.62. The third-order valence-corrected chi connectivity index (χ3v) is 3.21. The van der Waals surface area contributed by atoms with Crippen molar-refractivity contribution in [2.45, 2.75) is 24.8 Å². The lowest BCUT2D eigenvalue weighted by Crippen LogP contribution is -2.40. The van der Waals surface area contributed by atoms with Crippen LogP contribution >= 0.6 is 0 Å². The zero-order chi connectivity index (χ0) is 12.5. The van der Waals surface area contributed by atoms with Crippen LogP contribution in [-0.4, -0.2) is 17.1 Å². The second kappa shape index (κ2) is 4.17. The number of carbonyl (C=O) groups is 2. The molecule has 0 aromatic heterocycles. The van der Waals surface area contributed by atoms with Crippen molar-refractivity contribution in [3.63, 3.8) is 0 Å². The number of allylic oxidation sites excluding steroid dienone is 2. The van der Waals surface area contributed by atoms with E-state index in [1.54, 1.807) is 12.2 Å². The molecule has 0 spiro atoms. The van der Waals surface area contributed by atoms with E-state index in [4.69, 9.17) is 0 Å². The maximum Gasteiger partial charge on any atom is 0.202 e. The first kappa shape index (κ1) is 11.6. The third-order valence-electron chi connectivity index (χ3n) is 3.21. The highest BCUT2D eigenvalue weighted by Gasteiger charge is 2.41. The molecule has 17 heavy (non-hydrogen) atoms. The largest absolute Gasteiger partial charge is 0.375 e. The summed E-state index contributed by atoms with van der Waals surface area (Å²) in [5.41, 5.74) is 0.758.